The van der Waals surface area contributed by atoms with E-state index in [0.29, 0.717) is 17.7 Å². The molecule has 3 heteroatoms. The van der Waals surface area contributed by atoms with Gasteiger partial charge in [0.25, 0.3) is 0 Å². The minimum atomic E-state index is 0.0115. The Balaban J connectivity index is 1.94. The van der Waals surface area contributed by atoms with Gasteiger partial charge in [-0.1, -0.05) is 60.7 Å². The summed E-state index contributed by atoms with van der Waals surface area (Å²) in [5.41, 5.74) is 9.11. The molecule has 1 aromatic heterocycles. The standard InChI is InChI=1S/C20H18N2O/c21-19-14-22-12-11-17(19)20(23)13-18(15-7-3-1-4-8-15)16-9-5-2-6-10-16/h1-12,14,18H,13,21H2. The Hall–Kier alpha value is -2.94. The van der Waals surface area contributed by atoms with Crippen molar-refractivity contribution in [3.8, 4) is 0 Å². The van der Waals surface area contributed by atoms with Gasteiger partial charge in [0.15, 0.2) is 5.78 Å². The van der Waals surface area contributed by atoms with E-state index in [1.165, 1.54) is 6.20 Å². The summed E-state index contributed by atoms with van der Waals surface area (Å²) < 4.78 is 0. The monoisotopic (exact) mass is 302 g/mol. The molecule has 23 heavy (non-hydrogen) atoms. The van der Waals surface area contributed by atoms with Crippen LogP contribution in [0.25, 0.3) is 0 Å². The first-order valence-corrected chi connectivity index (χ1v) is 7.58. The molecular weight excluding hydrogens is 284 g/mol. The molecule has 0 unspecified atom stereocenters. The second kappa shape index (κ2) is 6.88. The molecule has 0 aliphatic carbocycles. The van der Waals surface area contributed by atoms with Gasteiger partial charge in [-0.15, -0.1) is 0 Å². The van der Waals surface area contributed by atoms with Crippen LogP contribution in [-0.4, -0.2) is 10.8 Å². The van der Waals surface area contributed by atoms with Crippen LogP contribution in [0.3, 0.4) is 0 Å². The highest BCUT2D eigenvalue weighted by atomic mass is 16.1. The highest BCUT2D eigenvalue weighted by Crippen LogP contribution is 2.30. The van der Waals surface area contributed by atoms with Crippen LogP contribution in [0.4, 0.5) is 5.69 Å². The van der Waals surface area contributed by atoms with Crippen molar-refractivity contribution in [1.82, 2.24) is 4.98 Å². The number of hydrogen-bond acceptors (Lipinski definition) is 3. The lowest BCUT2D eigenvalue weighted by molar-refractivity contribution is 0.0978. The highest BCUT2D eigenvalue weighted by molar-refractivity contribution is 6.01. The second-order valence-corrected chi connectivity index (χ2v) is 5.46. The van der Waals surface area contributed by atoms with Crippen molar-refractivity contribution in [3.05, 3.63) is 95.8 Å². The zero-order valence-corrected chi connectivity index (χ0v) is 12.7. The molecule has 0 fully saturated rings. The lowest BCUT2D eigenvalue weighted by Crippen LogP contribution is -2.11. The smallest absolute Gasteiger partial charge is 0.166 e. The lowest BCUT2D eigenvalue weighted by atomic mass is 9.86. The molecule has 0 aliphatic rings. The van der Waals surface area contributed by atoms with Gasteiger partial charge in [0, 0.05) is 24.1 Å². The largest absolute Gasteiger partial charge is 0.397 e. The second-order valence-electron chi connectivity index (χ2n) is 5.46. The number of rotatable bonds is 5. The van der Waals surface area contributed by atoms with Crippen LogP contribution in [-0.2, 0) is 0 Å². The van der Waals surface area contributed by atoms with Gasteiger partial charge in [0.05, 0.1) is 11.9 Å². The van der Waals surface area contributed by atoms with Crippen molar-refractivity contribution >= 4 is 11.5 Å². The van der Waals surface area contributed by atoms with E-state index in [0.717, 1.165) is 11.1 Å². The van der Waals surface area contributed by atoms with Gasteiger partial charge in [0.1, 0.15) is 0 Å². The molecule has 0 amide bonds. The van der Waals surface area contributed by atoms with Gasteiger partial charge in [-0.25, -0.2) is 0 Å². The van der Waals surface area contributed by atoms with E-state index in [4.69, 9.17) is 5.73 Å². The van der Waals surface area contributed by atoms with E-state index in [-0.39, 0.29) is 11.7 Å². The Labute approximate surface area is 135 Å². The summed E-state index contributed by atoms with van der Waals surface area (Å²) >= 11 is 0. The normalized spacial score (nSPS) is 10.7. The first-order chi connectivity index (χ1) is 11.3. The minimum absolute atomic E-state index is 0.0115. The summed E-state index contributed by atoms with van der Waals surface area (Å²) in [6.45, 7) is 0. The SMILES string of the molecule is Nc1cnccc1C(=O)CC(c1ccccc1)c1ccccc1. The van der Waals surface area contributed by atoms with Crippen molar-refractivity contribution < 1.29 is 4.79 Å². The van der Waals surface area contributed by atoms with Crippen molar-refractivity contribution in [3.63, 3.8) is 0 Å². The predicted octanol–water partition coefficient (Wildman–Crippen LogP) is 4.07. The zero-order chi connectivity index (χ0) is 16.1. The summed E-state index contributed by atoms with van der Waals surface area (Å²) in [6, 6.07) is 21.9. The van der Waals surface area contributed by atoms with Crippen LogP contribution in [0.5, 0.6) is 0 Å². The molecule has 1 heterocycles. The number of anilines is 1. The fraction of sp³-hybridized carbons (Fsp3) is 0.100. The number of hydrogen-bond donors (Lipinski definition) is 1. The Morgan fingerprint density at radius 1 is 0.913 bits per heavy atom. The predicted molar refractivity (Wildman–Crippen MR) is 92.3 cm³/mol. The molecule has 3 rings (SSSR count). The first-order valence-electron chi connectivity index (χ1n) is 7.58. The average Bonchev–Trinajstić information content (AvgIpc) is 2.61. The molecule has 2 aromatic carbocycles. The van der Waals surface area contributed by atoms with Crippen LogP contribution >= 0.6 is 0 Å². The van der Waals surface area contributed by atoms with Gasteiger partial charge in [-0.2, -0.15) is 0 Å². The summed E-state index contributed by atoms with van der Waals surface area (Å²) in [7, 11) is 0. The third-order valence-corrected chi connectivity index (χ3v) is 3.95. The highest BCUT2D eigenvalue weighted by Gasteiger charge is 2.20. The number of aromatic nitrogens is 1. The van der Waals surface area contributed by atoms with E-state index >= 15 is 0 Å². The number of carbonyl (C=O) groups excluding carboxylic acids is 1. The van der Waals surface area contributed by atoms with Crippen LogP contribution in [0.15, 0.2) is 79.1 Å². The van der Waals surface area contributed by atoms with Crippen LogP contribution < -0.4 is 5.73 Å². The molecule has 0 radical (unpaired) electrons. The summed E-state index contributed by atoms with van der Waals surface area (Å²) in [4.78, 5) is 16.7. The number of carbonyl (C=O) groups is 1. The van der Waals surface area contributed by atoms with Crippen molar-refractivity contribution in [2.45, 2.75) is 12.3 Å². The summed E-state index contributed by atoms with van der Waals surface area (Å²) in [5.74, 6) is 0.0417. The number of ketones is 1. The maximum absolute atomic E-state index is 12.7. The van der Waals surface area contributed by atoms with Gasteiger partial charge >= 0.3 is 0 Å². The Morgan fingerprint density at radius 3 is 2.00 bits per heavy atom. The van der Waals surface area contributed by atoms with Crippen molar-refractivity contribution in [1.29, 1.82) is 0 Å². The molecular formula is C20H18N2O. The maximum atomic E-state index is 12.7. The summed E-state index contributed by atoms with van der Waals surface area (Å²) in [5, 5.41) is 0. The number of Topliss-reactive ketones (excluding diaryl/α,β-unsaturated/α-hetero) is 1. The fourth-order valence-electron chi connectivity index (χ4n) is 2.75. The first kappa shape index (κ1) is 15.0. The molecule has 0 atom stereocenters. The molecule has 114 valence electrons. The van der Waals surface area contributed by atoms with E-state index in [9.17, 15) is 4.79 Å². The molecule has 0 bridgehead atoms. The van der Waals surface area contributed by atoms with Gasteiger partial charge in [0.2, 0.25) is 0 Å². The van der Waals surface area contributed by atoms with Gasteiger partial charge in [-0.3, -0.25) is 9.78 Å². The molecule has 3 nitrogen and oxygen atoms in total. The van der Waals surface area contributed by atoms with Gasteiger partial charge < -0.3 is 5.73 Å². The van der Waals surface area contributed by atoms with E-state index in [1.807, 2.05) is 36.4 Å². The maximum Gasteiger partial charge on any atom is 0.166 e. The van der Waals surface area contributed by atoms with Crippen molar-refractivity contribution in [2.24, 2.45) is 0 Å². The number of pyridine rings is 1. The topological polar surface area (TPSA) is 56.0 Å². The molecule has 3 aromatic rings. The Kier molecular flexibility index (Phi) is 4.48. The van der Waals surface area contributed by atoms with E-state index in [1.54, 1.807) is 12.3 Å². The quantitative estimate of drug-likeness (QED) is 0.723. The molecule has 0 saturated carbocycles. The van der Waals surface area contributed by atoms with Crippen molar-refractivity contribution in [2.75, 3.05) is 5.73 Å². The Bertz CT molecular complexity index is 746. The molecule has 0 spiro atoms. The van der Waals surface area contributed by atoms with Crippen LogP contribution in [0.1, 0.15) is 33.8 Å². The number of nitrogen functional groups attached to an aromatic ring is 1. The molecule has 2 N–H and O–H groups in total. The number of nitrogens with two attached hydrogens (primary N) is 1. The van der Waals surface area contributed by atoms with Gasteiger partial charge in [-0.05, 0) is 17.2 Å². The summed E-state index contributed by atoms with van der Waals surface area (Å²) in [6.07, 6.45) is 3.50. The third kappa shape index (κ3) is 3.46. The van der Waals surface area contributed by atoms with E-state index < -0.39 is 0 Å². The lowest BCUT2D eigenvalue weighted by Gasteiger charge is -2.18. The van der Waals surface area contributed by atoms with Crippen LogP contribution in [0, 0.1) is 0 Å². The average molecular weight is 302 g/mol. The fourth-order valence-corrected chi connectivity index (χ4v) is 2.75. The van der Waals surface area contributed by atoms with Crippen LogP contribution in [0.2, 0.25) is 0 Å². The molecule has 0 saturated heterocycles. The number of benzene rings is 2. The third-order valence-electron chi connectivity index (χ3n) is 3.95. The molecule has 0 aliphatic heterocycles. The minimum Gasteiger partial charge on any atom is -0.397 e. The Morgan fingerprint density at radius 2 is 1.48 bits per heavy atom. The number of nitrogens with zero attached hydrogens (tertiary/aromatic N) is 1. The zero-order valence-electron chi connectivity index (χ0n) is 12.7. The van der Waals surface area contributed by atoms with E-state index in [2.05, 4.69) is 29.2 Å².